The minimum absolute atomic E-state index is 0.0148. The molecule has 0 radical (unpaired) electrons. The van der Waals surface area contributed by atoms with E-state index in [0.29, 0.717) is 19.0 Å². The first-order chi connectivity index (χ1) is 9.70. The van der Waals surface area contributed by atoms with Crippen LogP contribution in [0, 0.1) is 5.92 Å². The Morgan fingerprint density at radius 2 is 2.10 bits per heavy atom. The molecule has 2 aliphatic heterocycles. The molecule has 20 heavy (non-hydrogen) atoms. The van der Waals surface area contributed by atoms with Crippen molar-refractivity contribution >= 4 is 11.9 Å². The number of rotatable bonds is 4. The molecule has 6 nitrogen and oxygen atoms in total. The van der Waals surface area contributed by atoms with Crippen LogP contribution in [0.15, 0.2) is 0 Å². The molecule has 0 spiro atoms. The van der Waals surface area contributed by atoms with Crippen molar-refractivity contribution in [2.45, 2.75) is 38.6 Å². The van der Waals surface area contributed by atoms with Crippen LogP contribution in [0.25, 0.3) is 0 Å². The summed E-state index contributed by atoms with van der Waals surface area (Å²) in [6.45, 7) is 5.75. The Bertz CT molecular complexity index is 342. The molecule has 0 aliphatic carbocycles. The minimum Gasteiger partial charge on any atom is -0.354 e. The maximum absolute atomic E-state index is 11.9. The van der Waals surface area contributed by atoms with Crippen LogP contribution in [-0.2, 0) is 4.79 Å². The molecule has 114 valence electrons. The summed E-state index contributed by atoms with van der Waals surface area (Å²) in [6.07, 6.45) is 4.10. The zero-order valence-electron chi connectivity index (χ0n) is 12.3. The van der Waals surface area contributed by atoms with Gasteiger partial charge in [0.2, 0.25) is 5.91 Å². The van der Waals surface area contributed by atoms with Gasteiger partial charge in [0.1, 0.15) is 0 Å². The second-order valence-electron chi connectivity index (χ2n) is 5.68. The summed E-state index contributed by atoms with van der Waals surface area (Å²) < 4.78 is 0. The van der Waals surface area contributed by atoms with Crippen molar-refractivity contribution in [3.8, 4) is 0 Å². The van der Waals surface area contributed by atoms with Crippen molar-refractivity contribution in [2.24, 2.45) is 5.92 Å². The number of nitrogens with zero attached hydrogens (tertiary/aromatic N) is 1. The maximum atomic E-state index is 11.9. The van der Waals surface area contributed by atoms with E-state index < -0.39 is 0 Å². The molecule has 0 aromatic heterocycles. The highest BCUT2D eigenvalue weighted by molar-refractivity contribution is 5.82. The predicted octanol–water partition coefficient (Wildman–Crippen LogP) is 0.296. The number of hydrogen-bond acceptors (Lipinski definition) is 3. The van der Waals surface area contributed by atoms with Crippen molar-refractivity contribution in [1.82, 2.24) is 20.9 Å². The summed E-state index contributed by atoms with van der Waals surface area (Å²) in [7, 11) is 0. The van der Waals surface area contributed by atoms with Crippen LogP contribution in [0.1, 0.15) is 32.6 Å². The lowest BCUT2D eigenvalue weighted by atomic mass is 9.98. The van der Waals surface area contributed by atoms with Gasteiger partial charge in [0.25, 0.3) is 0 Å². The van der Waals surface area contributed by atoms with Gasteiger partial charge in [0, 0.05) is 26.2 Å². The van der Waals surface area contributed by atoms with Crippen LogP contribution in [0.3, 0.4) is 0 Å². The minimum atomic E-state index is -0.0157. The average molecular weight is 282 g/mol. The molecule has 2 fully saturated rings. The van der Waals surface area contributed by atoms with Gasteiger partial charge in [0.15, 0.2) is 0 Å². The first-order valence-corrected chi connectivity index (χ1v) is 7.74. The Kier molecular flexibility index (Phi) is 5.64. The molecule has 3 N–H and O–H groups in total. The third-order valence-corrected chi connectivity index (χ3v) is 4.08. The summed E-state index contributed by atoms with van der Waals surface area (Å²) >= 11 is 0. The second-order valence-corrected chi connectivity index (χ2v) is 5.68. The number of carbonyl (C=O) groups is 2. The van der Waals surface area contributed by atoms with E-state index in [9.17, 15) is 9.59 Å². The third kappa shape index (κ3) is 4.10. The molecule has 3 amide bonds. The Morgan fingerprint density at radius 1 is 1.25 bits per heavy atom. The fourth-order valence-corrected chi connectivity index (χ4v) is 2.96. The van der Waals surface area contributed by atoms with E-state index >= 15 is 0 Å². The Balaban J connectivity index is 1.72. The number of likely N-dealkylation sites (tertiary alicyclic amines) is 1. The van der Waals surface area contributed by atoms with Crippen LogP contribution in [0.5, 0.6) is 0 Å². The largest absolute Gasteiger partial charge is 0.354 e. The van der Waals surface area contributed by atoms with Gasteiger partial charge in [0.05, 0.1) is 6.04 Å². The number of carbonyl (C=O) groups excluding carboxylic acids is 2. The van der Waals surface area contributed by atoms with E-state index in [1.165, 1.54) is 0 Å². The van der Waals surface area contributed by atoms with Crippen molar-refractivity contribution in [3.05, 3.63) is 0 Å². The highest BCUT2D eigenvalue weighted by Crippen LogP contribution is 2.16. The van der Waals surface area contributed by atoms with Gasteiger partial charge in [-0.25, -0.2) is 4.79 Å². The summed E-state index contributed by atoms with van der Waals surface area (Å²) in [4.78, 5) is 25.6. The molecule has 0 saturated carbocycles. The highest BCUT2D eigenvalue weighted by atomic mass is 16.2. The molecule has 6 heteroatoms. The zero-order valence-corrected chi connectivity index (χ0v) is 12.3. The van der Waals surface area contributed by atoms with E-state index in [4.69, 9.17) is 0 Å². The molecule has 2 rings (SSSR count). The fourth-order valence-electron chi connectivity index (χ4n) is 2.96. The molecular formula is C14H26N4O2. The molecule has 2 atom stereocenters. The van der Waals surface area contributed by atoms with Gasteiger partial charge in [-0.15, -0.1) is 0 Å². The fraction of sp³-hybridized carbons (Fsp3) is 0.857. The zero-order chi connectivity index (χ0) is 14.4. The number of hydrogen-bond donors (Lipinski definition) is 3. The van der Waals surface area contributed by atoms with Gasteiger partial charge in [-0.3, -0.25) is 4.79 Å². The van der Waals surface area contributed by atoms with Crippen LogP contribution >= 0.6 is 0 Å². The predicted molar refractivity (Wildman–Crippen MR) is 77.4 cm³/mol. The molecular weight excluding hydrogens is 256 g/mol. The van der Waals surface area contributed by atoms with E-state index in [1.807, 2.05) is 11.8 Å². The van der Waals surface area contributed by atoms with E-state index in [1.54, 1.807) is 0 Å². The van der Waals surface area contributed by atoms with Gasteiger partial charge in [-0.2, -0.15) is 0 Å². The standard InChI is InChI=1S/C14H26N4O2/c1-2-15-14(20)18-8-4-5-11(10-18)9-17-13(19)12-6-3-7-16-12/h11-12,16H,2-10H2,1H3,(H,15,20)(H,17,19). The number of amides is 3. The monoisotopic (exact) mass is 282 g/mol. The highest BCUT2D eigenvalue weighted by Gasteiger charge is 2.26. The van der Waals surface area contributed by atoms with Crippen molar-refractivity contribution in [1.29, 1.82) is 0 Å². The molecule has 2 heterocycles. The molecule has 0 bridgehead atoms. The Hall–Kier alpha value is -1.30. The summed E-state index contributed by atoms with van der Waals surface area (Å²) in [5, 5.41) is 9.06. The summed E-state index contributed by atoms with van der Waals surface area (Å²) in [5.74, 6) is 0.481. The SMILES string of the molecule is CCNC(=O)N1CCCC(CNC(=O)C2CCCN2)C1. The Morgan fingerprint density at radius 3 is 2.80 bits per heavy atom. The normalized spacial score (nSPS) is 26.4. The molecule has 2 saturated heterocycles. The van der Waals surface area contributed by atoms with Gasteiger partial charge < -0.3 is 20.9 Å². The topological polar surface area (TPSA) is 73.5 Å². The Labute approximate surface area is 120 Å². The van der Waals surface area contributed by atoms with Gasteiger partial charge in [-0.1, -0.05) is 0 Å². The van der Waals surface area contributed by atoms with E-state index in [2.05, 4.69) is 16.0 Å². The lowest BCUT2D eigenvalue weighted by molar-refractivity contribution is -0.123. The van der Waals surface area contributed by atoms with Crippen molar-refractivity contribution in [2.75, 3.05) is 32.7 Å². The van der Waals surface area contributed by atoms with Crippen LogP contribution in [-0.4, -0.2) is 55.6 Å². The lowest BCUT2D eigenvalue weighted by Crippen LogP contribution is -2.49. The number of urea groups is 1. The molecule has 2 unspecified atom stereocenters. The summed E-state index contributed by atoms with van der Waals surface area (Å²) in [6, 6.07) is -0.000861. The number of piperidine rings is 1. The first-order valence-electron chi connectivity index (χ1n) is 7.74. The second kappa shape index (κ2) is 7.47. The van der Waals surface area contributed by atoms with Crippen molar-refractivity contribution < 1.29 is 9.59 Å². The van der Waals surface area contributed by atoms with Gasteiger partial charge in [-0.05, 0) is 45.1 Å². The van der Waals surface area contributed by atoms with Crippen molar-refractivity contribution in [3.63, 3.8) is 0 Å². The van der Waals surface area contributed by atoms with Crippen LogP contribution in [0.2, 0.25) is 0 Å². The molecule has 2 aliphatic rings. The van der Waals surface area contributed by atoms with E-state index in [0.717, 1.165) is 45.3 Å². The maximum Gasteiger partial charge on any atom is 0.317 e. The van der Waals surface area contributed by atoms with E-state index in [-0.39, 0.29) is 18.0 Å². The van der Waals surface area contributed by atoms with Gasteiger partial charge >= 0.3 is 6.03 Å². The van der Waals surface area contributed by atoms with Crippen LogP contribution < -0.4 is 16.0 Å². The van der Waals surface area contributed by atoms with Crippen LogP contribution in [0.4, 0.5) is 4.79 Å². The third-order valence-electron chi connectivity index (χ3n) is 4.08. The smallest absolute Gasteiger partial charge is 0.317 e. The summed E-state index contributed by atoms with van der Waals surface area (Å²) in [5.41, 5.74) is 0. The number of nitrogens with one attached hydrogen (secondary N) is 3. The average Bonchev–Trinajstić information content (AvgIpc) is 2.99. The molecule has 0 aromatic carbocycles. The lowest BCUT2D eigenvalue weighted by Gasteiger charge is -2.33. The molecule has 0 aromatic rings. The quantitative estimate of drug-likeness (QED) is 0.694. The first kappa shape index (κ1) is 15.1.